The first-order valence-corrected chi connectivity index (χ1v) is 9.12. The summed E-state index contributed by atoms with van der Waals surface area (Å²) in [5.74, 6) is 2.91. The molecule has 0 amide bonds. The molecule has 2 nitrogen and oxygen atoms in total. The Morgan fingerprint density at radius 1 is 0.714 bits per heavy atom. The molecule has 1 saturated carbocycles. The van der Waals surface area contributed by atoms with Crippen molar-refractivity contribution in [3.63, 3.8) is 0 Å². The smallest absolute Gasteiger partial charge is 0.0351 e. The number of fused-ring (bicyclic) bond motifs is 2. The third-order valence-electron chi connectivity index (χ3n) is 6.44. The minimum absolute atomic E-state index is 0.361. The largest absolute Gasteiger partial charge is 0.297 e. The number of hydrogen-bond acceptors (Lipinski definition) is 2. The number of likely N-dealkylation sites (tertiary alicyclic amines) is 2. The summed E-state index contributed by atoms with van der Waals surface area (Å²) in [6.45, 7) is 19.7. The van der Waals surface area contributed by atoms with E-state index in [1.165, 1.54) is 45.4 Å². The van der Waals surface area contributed by atoms with Crippen molar-refractivity contribution in [3.8, 4) is 0 Å². The molecule has 21 heavy (non-hydrogen) atoms. The van der Waals surface area contributed by atoms with Crippen molar-refractivity contribution in [3.05, 3.63) is 0 Å². The molecule has 2 aliphatic heterocycles. The molecule has 2 saturated heterocycles. The minimum Gasteiger partial charge on any atom is -0.297 e. The van der Waals surface area contributed by atoms with E-state index in [2.05, 4.69) is 51.3 Å². The van der Waals surface area contributed by atoms with Crippen LogP contribution in [-0.2, 0) is 0 Å². The van der Waals surface area contributed by atoms with Gasteiger partial charge in [-0.25, -0.2) is 0 Å². The molecule has 0 aromatic rings. The van der Waals surface area contributed by atoms with Gasteiger partial charge in [-0.05, 0) is 63.2 Å². The van der Waals surface area contributed by atoms with Crippen molar-refractivity contribution in [1.82, 2.24) is 9.80 Å². The van der Waals surface area contributed by atoms with Crippen LogP contribution >= 0.6 is 0 Å². The molecule has 3 rings (SSSR count). The van der Waals surface area contributed by atoms with E-state index in [1.807, 2.05) is 0 Å². The van der Waals surface area contributed by atoms with E-state index >= 15 is 0 Å². The van der Waals surface area contributed by atoms with E-state index in [0.29, 0.717) is 11.0 Å². The lowest BCUT2D eigenvalue weighted by molar-refractivity contribution is -0.0648. The second-order valence-corrected chi connectivity index (χ2v) is 10.2. The summed E-state index contributed by atoms with van der Waals surface area (Å²) in [6, 6.07) is 0.848. The van der Waals surface area contributed by atoms with Gasteiger partial charge in [-0.3, -0.25) is 9.80 Å². The summed E-state index contributed by atoms with van der Waals surface area (Å²) >= 11 is 0. The Labute approximate surface area is 132 Å². The highest BCUT2D eigenvalue weighted by Crippen LogP contribution is 2.46. The summed E-state index contributed by atoms with van der Waals surface area (Å²) in [5, 5.41) is 0. The topological polar surface area (TPSA) is 6.48 Å². The second kappa shape index (κ2) is 5.23. The Hall–Kier alpha value is -0.0800. The highest BCUT2D eigenvalue weighted by Gasteiger charge is 2.44. The molecule has 1 aliphatic carbocycles. The number of rotatable bonds is 1. The maximum Gasteiger partial charge on any atom is 0.0351 e. The first-order valence-electron chi connectivity index (χ1n) is 9.12. The van der Waals surface area contributed by atoms with Crippen LogP contribution in [0.5, 0.6) is 0 Å². The van der Waals surface area contributed by atoms with Gasteiger partial charge in [0, 0.05) is 37.8 Å². The molecular weight excluding hydrogens is 256 g/mol. The lowest BCUT2D eigenvalue weighted by atomic mass is 9.64. The average Bonchev–Trinajstić information content (AvgIpc) is 2.22. The van der Waals surface area contributed by atoms with E-state index in [0.717, 1.165) is 23.8 Å². The fourth-order valence-corrected chi connectivity index (χ4v) is 4.84. The van der Waals surface area contributed by atoms with E-state index in [9.17, 15) is 0 Å². The first kappa shape index (κ1) is 15.8. The molecule has 0 spiro atoms. The van der Waals surface area contributed by atoms with Crippen molar-refractivity contribution in [2.24, 2.45) is 23.2 Å². The maximum absolute atomic E-state index is 2.85. The zero-order valence-corrected chi connectivity index (χ0v) is 15.2. The van der Waals surface area contributed by atoms with E-state index in [1.54, 1.807) is 0 Å². The van der Waals surface area contributed by atoms with Crippen LogP contribution < -0.4 is 0 Å². The summed E-state index contributed by atoms with van der Waals surface area (Å²) in [5.41, 5.74) is 0.873. The maximum atomic E-state index is 2.85. The predicted molar refractivity (Wildman–Crippen MR) is 90.5 cm³/mol. The van der Waals surface area contributed by atoms with Crippen LogP contribution in [0.4, 0.5) is 0 Å². The highest BCUT2D eigenvalue weighted by molar-refractivity contribution is 4.98. The Kier molecular flexibility index (Phi) is 3.94. The Morgan fingerprint density at radius 2 is 1.24 bits per heavy atom. The van der Waals surface area contributed by atoms with E-state index in [-0.39, 0.29) is 0 Å². The van der Waals surface area contributed by atoms with Crippen LogP contribution in [0.1, 0.15) is 60.8 Å². The van der Waals surface area contributed by atoms with Crippen molar-refractivity contribution in [2.45, 2.75) is 72.4 Å². The molecule has 122 valence electrons. The summed E-state index contributed by atoms with van der Waals surface area (Å²) < 4.78 is 0. The fourth-order valence-electron chi connectivity index (χ4n) is 4.84. The zero-order valence-electron chi connectivity index (χ0n) is 15.2. The van der Waals surface area contributed by atoms with Gasteiger partial charge in [0.1, 0.15) is 0 Å². The van der Waals surface area contributed by atoms with Crippen LogP contribution in [0.3, 0.4) is 0 Å². The van der Waals surface area contributed by atoms with Crippen molar-refractivity contribution in [1.29, 1.82) is 0 Å². The molecule has 0 radical (unpaired) electrons. The van der Waals surface area contributed by atoms with Crippen molar-refractivity contribution in [2.75, 3.05) is 26.2 Å². The zero-order chi connectivity index (χ0) is 15.4. The monoisotopic (exact) mass is 292 g/mol. The summed E-state index contributed by atoms with van der Waals surface area (Å²) in [7, 11) is 0. The molecule has 0 aromatic heterocycles. The van der Waals surface area contributed by atoms with Crippen LogP contribution in [0.15, 0.2) is 0 Å². The van der Waals surface area contributed by atoms with Gasteiger partial charge in [0.05, 0.1) is 0 Å². The van der Waals surface area contributed by atoms with Gasteiger partial charge in [0.25, 0.3) is 0 Å². The molecule has 0 aromatic carbocycles. The normalized spacial score (nSPS) is 36.6. The fraction of sp³-hybridized carbons (Fsp3) is 1.00. The molecule has 2 atom stereocenters. The highest BCUT2D eigenvalue weighted by atomic mass is 15.3. The minimum atomic E-state index is 0.361. The van der Waals surface area contributed by atoms with E-state index in [4.69, 9.17) is 0 Å². The van der Waals surface area contributed by atoms with Gasteiger partial charge in [-0.2, -0.15) is 0 Å². The summed E-state index contributed by atoms with van der Waals surface area (Å²) in [6.07, 6.45) is 4.47. The molecular formula is C19H36N2. The van der Waals surface area contributed by atoms with Gasteiger partial charge >= 0.3 is 0 Å². The Morgan fingerprint density at radius 3 is 1.67 bits per heavy atom. The third kappa shape index (κ3) is 3.32. The molecule has 3 fully saturated rings. The standard InChI is InChI=1S/C19H36N2/c1-18(2,3)16-8-14-7-15(9-16)11-20(10-14)17-12-21(13-17)19(4,5)6/h14-17H,7-13H2,1-6H3. The van der Waals surface area contributed by atoms with E-state index < -0.39 is 0 Å². The van der Waals surface area contributed by atoms with Crippen molar-refractivity contribution >= 4 is 0 Å². The van der Waals surface area contributed by atoms with Gasteiger partial charge in [0.2, 0.25) is 0 Å². The number of piperidine rings is 1. The molecule has 2 heterocycles. The Bertz CT molecular complexity index is 356. The second-order valence-electron chi connectivity index (χ2n) is 10.2. The van der Waals surface area contributed by atoms with Crippen LogP contribution in [0, 0.1) is 23.2 Å². The molecule has 2 heteroatoms. The number of hydrogen-bond donors (Lipinski definition) is 0. The quantitative estimate of drug-likeness (QED) is 0.724. The predicted octanol–water partition coefficient (Wildman–Crippen LogP) is 3.86. The molecule has 0 N–H and O–H groups in total. The average molecular weight is 293 g/mol. The molecule has 3 aliphatic rings. The number of nitrogens with zero attached hydrogens (tertiary/aromatic N) is 2. The summed E-state index contributed by atoms with van der Waals surface area (Å²) in [4.78, 5) is 5.49. The van der Waals surface area contributed by atoms with Crippen molar-refractivity contribution < 1.29 is 0 Å². The van der Waals surface area contributed by atoms with Gasteiger partial charge in [0.15, 0.2) is 0 Å². The lowest BCUT2D eigenvalue weighted by Crippen LogP contribution is -2.66. The molecule has 2 unspecified atom stereocenters. The molecule has 2 bridgehead atoms. The van der Waals surface area contributed by atoms with Crippen LogP contribution in [0.25, 0.3) is 0 Å². The van der Waals surface area contributed by atoms with Crippen LogP contribution in [-0.4, -0.2) is 47.6 Å². The SMILES string of the molecule is CC(C)(C)C1CC2CC(C1)CN(C1CN(C(C)(C)C)C1)C2. The van der Waals surface area contributed by atoms with Gasteiger partial charge < -0.3 is 0 Å². The van der Waals surface area contributed by atoms with Gasteiger partial charge in [-0.15, -0.1) is 0 Å². The van der Waals surface area contributed by atoms with Crippen LogP contribution in [0.2, 0.25) is 0 Å². The Balaban J connectivity index is 1.55. The lowest BCUT2D eigenvalue weighted by Gasteiger charge is -2.56. The van der Waals surface area contributed by atoms with Gasteiger partial charge in [-0.1, -0.05) is 20.8 Å². The first-order chi connectivity index (χ1) is 9.63. The third-order valence-corrected chi connectivity index (χ3v) is 6.44.